The number of hydrogen-bond donors (Lipinski definition) is 2. The van der Waals surface area contributed by atoms with Crippen LogP contribution in [0.3, 0.4) is 0 Å². The number of aromatic nitrogens is 5. The third-order valence-corrected chi connectivity index (χ3v) is 3.85. The fourth-order valence-electron chi connectivity index (χ4n) is 2.75. The Balaban J connectivity index is 1.82. The zero-order valence-electron chi connectivity index (χ0n) is 14.5. The van der Waals surface area contributed by atoms with E-state index >= 15 is 0 Å². The standard InChI is InChI=1S/C18H17FN6O/c1-18(2,3)24-17(26)12-8-20-16-15(12)23-14(9-21-16)25-13-5-4-11(19)6-10(13)7-22-25/h4-9H,1-3H3,(H,20,21)(H,24,26). The largest absolute Gasteiger partial charge is 0.347 e. The molecule has 0 fully saturated rings. The zero-order chi connectivity index (χ0) is 18.5. The van der Waals surface area contributed by atoms with Crippen molar-refractivity contribution in [2.24, 2.45) is 0 Å². The maximum Gasteiger partial charge on any atom is 0.255 e. The van der Waals surface area contributed by atoms with Crippen molar-refractivity contribution in [1.82, 2.24) is 30.0 Å². The van der Waals surface area contributed by atoms with E-state index in [1.807, 2.05) is 20.8 Å². The van der Waals surface area contributed by atoms with Gasteiger partial charge in [0.25, 0.3) is 5.91 Å². The van der Waals surface area contributed by atoms with E-state index in [2.05, 4.69) is 25.4 Å². The van der Waals surface area contributed by atoms with Gasteiger partial charge in [-0.1, -0.05) is 0 Å². The second-order valence-corrected chi connectivity index (χ2v) is 7.09. The summed E-state index contributed by atoms with van der Waals surface area (Å²) in [4.78, 5) is 24.4. The Hall–Kier alpha value is -3.29. The number of halogens is 1. The molecule has 0 aliphatic carbocycles. The van der Waals surface area contributed by atoms with Crippen molar-refractivity contribution in [2.75, 3.05) is 0 Å². The quantitative estimate of drug-likeness (QED) is 0.580. The summed E-state index contributed by atoms with van der Waals surface area (Å²) in [6.07, 6.45) is 4.71. The number of nitrogens with one attached hydrogen (secondary N) is 2. The lowest BCUT2D eigenvalue weighted by atomic mass is 10.1. The summed E-state index contributed by atoms with van der Waals surface area (Å²) >= 11 is 0. The van der Waals surface area contributed by atoms with E-state index in [0.717, 1.165) is 0 Å². The number of benzene rings is 1. The van der Waals surface area contributed by atoms with E-state index in [0.29, 0.717) is 33.4 Å². The highest BCUT2D eigenvalue weighted by Gasteiger charge is 2.20. The van der Waals surface area contributed by atoms with Crippen molar-refractivity contribution in [2.45, 2.75) is 26.3 Å². The fraction of sp³-hybridized carbons (Fsp3) is 0.222. The maximum atomic E-state index is 13.4. The fourth-order valence-corrected chi connectivity index (χ4v) is 2.75. The Bertz CT molecular complexity index is 1140. The van der Waals surface area contributed by atoms with Gasteiger partial charge in [-0.2, -0.15) is 5.10 Å². The van der Waals surface area contributed by atoms with Gasteiger partial charge in [-0.15, -0.1) is 0 Å². The third kappa shape index (κ3) is 2.79. The monoisotopic (exact) mass is 352 g/mol. The summed E-state index contributed by atoms with van der Waals surface area (Å²) in [7, 11) is 0. The van der Waals surface area contributed by atoms with Crippen molar-refractivity contribution in [3.63, 3.8) is 0 Å². The van der Waals surface area contributed by atoms with Gasteiger partial charge in [0, 0.05) is 17.1 Å². The van der Waals surface area contributed by atoms with Gasteiger partial charge in [0.05, 0.1) is 23.5 Å². The number of H-pyrrole nitrogens is 1. The van der Waals surface area contributed by atoms with Crippen molar-refractivity contribution in [3.05, 3.63) is 48.2 Å². The van der Waals surface area contributed by atoms with Crippen molar-refractivity contribution in [3.8, 4) is 5.82 Å². The Kier molecular flexibility index (Phi) is 3.50. The van der Waals surface area contributed by atoms with Crippen LogP contribution >= 0.6 is 0 Å². The number of aromatic amines is 1. The Morgan fingerprint density at radius 1 is 1.27 bits per heavy atom. The van der Waals surface area contributed by atoms with Crippen LogP contribution in [-0.2, 0) is 0 Å². The molecule has 2 N–H and O–H groups in total. The molecule has 3 heterocycles. The van der Waals surface area contributed by atoms with Gasteiger partial charge in [0.2, 0.25) is 0 Å². The van der Waals surface area contributed by atoms with Crippen LogP contribution in [0.1, 0.15) is 31.1 Å². The summed E-state index contributed by atoms with van der Waals surface area (Å²) in [5, 5.41) is 7.84. The minimum Gasteiger partial charge on any atom is -0.347 e. The molecule has 0 saturated heterocycles. The number of rotatable bonds is 2. The third-order valence-electron chi connectivity index (χ3n) is 3.85. The van der Waals surface area contributed by atoms with Gasteiger partial charge in [-0.25, -0.2) is 19.0 Å². The lowest BCUT2D eigenvalue weighted by molar-refractivity contribution is 0.0921. The van der Waals surface area contributed by atoms with E-state index < -0.39 is 0 Å². The molecule has 3 aromatic heterocycles. The molecule has 8 heteroatoms. The Labute approximate surface area is 148 Å². The van der Waals surface area contributed by atoms with Crippen LogP contribution in [-0.4, -0.2) is 36.2 Å². The topological polar surface area (TPSA) is 88.5 Å². The normalized spacial score (nSPS) is 12.0. The molecule has 132 valence electrons. The average Bonchev–Trinajstić information content (AvgIpc) is 3.15. The second-order valence-electron chi connectivity index (χ2n) is 7.09. The highest BCUT2D eigenvalue weighted by Crippen LogP contribution is 2.21. The summed E-state index contributed by atoms with van der Waals surface area (Å²) in [6.45, 7) is 5.73. The summed E-state index contributed by atoms with van der Waals surface area (Å²) < 4.78 is 14.9. The lowest BCUT2D eigenvalue weighted by Crippen LogP contribution is -2.40. The molecular formula is C18H17FN6O. The molecule has 4 aromatic rings. The number of nitrogens with zero attached hydrogens (tertiary/aromatic N) is 4. The lowest BCUT2D eigenvalue weighted by Gasteiger charge is -2.20. The molecule has 0 aliphatic rings. The molecule has 1 aromatic carbocycles. The Morgan fingerprint density at radius 2 is 2.08 bits per heavy atom. The SMILES string of the molecule is CC(C)(C)NC(=O)c1c[nH]c2ncc(-n3ncc4cc(F)ccc43)nc12. The molecular weight excluding hydrogens is 335 g/mol. The van der Waals surface area contributed by atoms with Gasteiger partial charge in [-0.05, 0) is 39.0 Å². The molecule has 0 aliphatic heterocycles. The van der Waals surface area contributed by atoms with Crippen LogP contribution in [0.15, 0.2) is 36.8 Å². The predicted octanol–water partition coefficient (Wildman–Crippen LogP) is 2.96. The minimum atomic E-state index is -0.367. The van der Waals surface area contributed by atoms with Crippen molar-refractivity contribution < 1.29 is 9.18 Å². The molecule has 4 rings (SSSR count). The van der Waals surface area contributed by atoms with E-state index in [4.69, 9.17) is 0 Å². The maximum absolute atomic E-state index is 13.4. The first-order chi connectivity index (χ1) is 12.3. The van der Waals surface area contributed by atoms with E-state index in [1.54, 1.807) is 29.3 Å². The second kappa shape index (κ2) is 5.62. The molecule has 0 bridgehead atoms. The number of amides is 1. The number of hydrogen-bond acceptors (Lipinski definition) is 4. The average molecular weight is 352 g/mol. The van der Waals surface area contributed by atoms with Crippen LogP contribution < -0.4 is 5.32 Å². The molecule has 0 unspecified atom stereocenters. The predicted molar refractivity (Wildman–Crippen MR) is 95.7 cm³/mol. The van der Waals surface area contributed by atoms with E-state index in [9.17, 15) is 9.18 Å². The molecule has 26 heavy (non-hydrogen) atoms. The highest BCUT2D eigenvalue weighted by atomic mass is 19.1. The molecule has 7 nitrogen and oxygen atoms in total. The molecule has 0 atom stereocenters. The summed E-state index contributed by atoms with van der Waals surface area (Å²) in [6, 6.07) is 4.40. The van der Waals surface area contributed by atoms with Gasteiger partial charge < -0.3 is 10.3 Å². The Morgan fingerprint density at radius 3 is 2.85 bits per heavy atom. The number of carbonyl (C=O) groups is 1. The van der Waals surface area contributed by atoms with Crippen LogP contribution in [0.2, 0.25) is 0 Å². The number of fused-ring (bicyclic) bond motifs is 2. The van der Waals surface area contributed by atoms with Crippen molar-refractivity contribution >= 4 is 28.0 Å². The van der Waals surface area contributed by atoms with E-state index in [-0.39, 0.29) is 17.3 Å². The highest BCUT2D eigenvalue weighted by molar-refractivity contribution is 6.04. The minimum absolute atomic E-state index is 0.234. The first-order valence-corrected chi connectivity index (χ1v) is 8.12. The van der Waals surface area contributed by atoms with Crippen LogP contribution in [0.5, 0.6) is 0 Å². The zero-order valence-corrected chi connectivity index (χ0v) is 14.5. The van der Waals surface area contributed by atoms with Gasteiger partial charge >= 0.3 is 0 Å². The van der Waals surface area contributed by atoms with Crippen LogP contribution in [0.4, 0.5) is 4.39 Å². The van der Waals surface area contributed by atoms with E-state index in [1.165, 1.54) is 12.1 Å². The van der Waals surface area contributed by atoms with Crippen molar-refractivity contribution in [1.29, 1.82) is 0 Å². The first kappa shape index (κ1) is 16.2. The summed E-state index contributed by atoms with van der Waals surface area (Å²) in [5.74, 6) is -0.114. The van der Waals surface area contributed by atoms with Gasteiger partial charge in [0.1, 0.15) is 11.3 Å². The molecule has 0 saturated carbocycles. The number of carbonyl (C=O) groups excluding carboxylic acids is 1. The first-order valence-electron chi connectivity index (χ1n) is 8.12. The summed E-state index contributed by atoms with van der Waals surface area (Å²) in [5.41, 5.74) is 1.71. The molecule has 0 spiro atoms. The molecule has 1 amide bonds. The molecule has 0 radical (unpaired) electrons. The van der Waals surface area contributed by atoms with Crippen LogP contribution in [0, 0.1) is 5.82 Å². The van der Waals surface area contributed by atoms with Gasteiger partial charge in [0.15, 0.2) is 11.5 Å². The smallest absolute Gasteiger partial charge is 0.255 e. The van der Waals surface area contributed by atoms with Crippen LogP contribution in [0.25, 0.3) is 27.9 Å². The van der Waals surface area contributed by atoms with Gasteiger partial charge in [-0.3, -0.25) is 4.79 Å².